The average Bonchev–Trinajstić information content (AvgIpc) is 3.10. The summed E-state index contributed by atoms with van der Waals surface area (Å²) in [7, 11) is 0. The first kappa shape index (κ1) is 19.5. The Labute approximate surface area is 156 Å². The van der Waals surface area contributed by atoms with Gasteiger partial charge in [0.15, 0.2) is 0 Å². The van der Waals surface area contributed by atoms with E-state index in [-0.39, 0.29) is 11.9 Å². The van der Waals surface area contributed by atoms with E-state index in [0.717, 1.165) is 50.2 Å². The highest BCUT2D eigenvalue weighted by molar-refractivity contribution is 5.72. The number of piperidine rings is 1. The maximum absolute atomic E-state index is 12.7. The smallest absolute Gasteiger partial charge is 0.416 e. The minimum Gasteiger partial charge on any atom is -0.466 e. The van der Waals surface area contributed by atoms with Crippen LogP contribution in [0.1, 0.15) is 30.9 Å². The number of halogens is 3. The predicted octanol–water partition coefficient (Wildman–Crippen LogP) is 4.27. The van der Waals surface area contributed by atoms with Crippen LogP contribution in [0.2, 0.25) is 0 Å². The van der Waals surface area contributed by atoms with Gasteiger partial charge in [0.25, 0.3) is 0 Å². The van der Waals surface area contributed by atoms with E-state index < -0.39 is 11.7 Å². The Hall–Kier alpha value is -2.28. The summed E-state index contributed by atoms with van der Waals surface area (Å²) >= 11 is 0. The molecule has 0 atom stereocenters. The van der Waals surface area contributed by atoms with Crippen molar-refractivity contribution in [1.82, 2.24) is 9.47 Å². The molecule has 0 radical (unpaired) electrons. The number of alkyl halides is 3. The molecule has 0 N–H and O–H groups in total. The van der Waals surface area contributed by atoms with Gasteiger partial charge >= 0.3 is 12.1 Å². The van der Waals surface area contributed by atoms with Crippen molar-refractivity contribution in [2.24, 2.45) is 5.92 Å². The number of esters is 1. The maximum atomic E-state index is 12.7. The second-order valence-corrected chi connectivity index (χ2v) is 6.77. The topological polar surface area (TPSA) is 34.5 Å². The van der Waals surface area contributed by atoms with Gasteiger partial charge < -0.3 is 9.30 Å². The fourth-order valence-electron chi connectivity index (χ4n) is 3.36. The highest BCUT2D eigenvalue weighted by Gasteiger charge is 2.30. The van der Waals surface area contributed by atoms with Crippen LogP contribution >= 0.6 is 0 Å². The third-order valence-electron chi connectivity index (χ3n) is 4.86. The van der Waals surface area contributed by atoms with Gasteiger partial charge in [-0.3, -0.25) is 9.69 Å². The molecule has 27 heavy (non-hydrogen) atoms. The summed E-state index contributed by atoms with van der Waals surface area (Å²) in [6.45, 7) is 4.64. The molecule has 1 aromatic carbocycles. The standard InChI is InChI=1S/C20H23F3N2O2/c1-2-27-19(26)16-8-10-24(11-9-16)13-15-7-12-25(14-15)18-5-3-17(4-6-18)20(21,22)23/h3-7,12,14,16H,2,8-11,13H2,1H3. The van der Waals surface area contributed by atoms with Gasteiger partial charge in [0.05, 0.1) is 18.1 Å². The van der Waals surface area contributed by atoms with E-state index in [1.165, 1.54) is 12.1 Å². The molecule has 1 aliphatic heterocycles. The first-order valence-electron chi connectivity index (χ1n) is 9.10. The van der Waals surface area contributed by atoms with Crippen LogP contribution in [-0.2, 0) is 22.3 Å². The van der Waals surface area contributed by atoms with Crippen LogP contribution in [0.4, 0.5) is 13.2 Å². The monoisotopic (exact) mass is 380 g/mol. The molecule has 0 bridgehead atoms. The molecule has 1 aromatic heterocycles. The van der Waals surface area contributed by atoms with Crippen LogP contribution in [0, 0.1) is 5.92 Å². The van der Waals surface area contributed by atoms with Crippen molar-refractivity contribution in [2.75, 3.05) is 19.7 Å². The molecule has 1 aliphatic rings. The highest BCUT2D eigenvalue weighted by atomic mass is 19.4. The Bertz CT molecular complexity index is 760. The van der Waals surface area contributed by atoms with Gasteiger partial charge in [-0.25, -0.2) is 0 Å². The molecule has 0 aliphatic carbocycles. The van der Waals surface area contributed by atoms with Gasteiger partial charge in [-0.1, -0.05) is 0 Å². The average molecular weight is 380 g/mol. The molecular formula is C20H23F3N2O2. The molecule has 4 nitrogen and oxygen atoms in total. The zero-order valence-electron chi connectivity index (χ0n) is 15.2. The summed E-state index contributed by atoms with van der Waals surface area (Å²) in [5, 5.41) is 0. The molecule has 146 valence electrons. The lowest BCUT2D eigenvalue weighted by molar-refractivity contribution is -0.149. The van der Waals surface area contributed by atoms with Gasteiger partial charge in [0.1, 0.15) is 0 Å². The number of aromatic nitrogens is 1. The fourth-order valence-corrected chi connectivity index (χ4v) is 3.36. The summed E-state index contributed by atoms with van der Waals surface area (Å²) in [6, 6.07) is 7.09. The number of carbonyl (C=O) groups is 1. The van der Waals surface area contributed by atoms with Crippen molar-refractivity contribution in [3.8, 4) is 5.69 Å². The van der Waals surface area contributed by atoms with Crippen LogP contribution < -0.4 is 0 Å². The highest BCUT2D eigenvalue weighted by Crippen LogP contribution is 2.29. The lowest BCUT2D eigenvalue weighted by Gasteiger charge is -2.30. The zero-order chi connectivity index (χ0) is 19.4. The van der Waals surface area contributed by atoms with E-state index in [1.807, 2.05) is 30.0 Å². The number of carbonyl (C=O) groups excluding carboxylic acids is 1. The molecule has 2 aromatic rings. The van der Waals surface area contributed by atoms with Crippen molar-refractivity contribution in [2.45, 2.75) is 32.5 Å². The van der Waals surface area contributed by atoms with E-state index in [9.17, 15) is 18.0 Å². The van der Waals surface area contributed by atoms with Crippen molar-refractivity contribution in [1.29, 1.82) is 0 Å². The fraction of sp³-hybridized carbons (Fsp3) is 0.450. The van der Waals surface area contributed by atoms with E-state index in [0.29, 0.717) is 12.3 Å². The van der Waals surface area contributed by atoms with Gasteiger partial charge in [-0.15, -0.1) is 0 Å². The molecule has 3 rings (SSSR count). The number of nitrogens with zero attached hydrogens (tertiary/aromatic N) is 2. The third kappa shape index (κ3) is 4.91. The van der Waals surface area contributed by atoms with E-state index in [4.69, 9.17) is 4.74 Å². The largest absolute Gasteiger partial charge is 0.466 e. The number of ether oxygens (including phenoxy) is 1. The molecule has 1 saturated heterocycles. The lowest BCUT2D eigenvalue weighted by atomic mass is 9.97. The molecule has 7 heteroatoms. The number of hydrogen-bond donors (Lipinski definition) is 0. The maximum Gasteiger partial charge on any atom is 0.416 e. The quantitative estimate of drug-likeness (QED) is 0.727. The molecule has 0 amide bonds. The van der Waals surface area contributed by atoms with Crippen LogP contribution in [0.5, 0.6) is 0 Å². The lowest BCUT2D eigenvalue weighted by Crippen LogP contribution is -2.36. The normalized spacial score (nSPS) is 16.4. The second-order valence-electron chi connectivity index (χ2n) is 6.77. The minimum atomic E-state index is -4.32. The molecule has 0 saturated carbocycles. The SMILES string of the molecule is CCOC(=O)C1CCN(Cc2ccn(-c3ccc(C(F)(F)F)cc3)c2)CC1. The molecule has 1 fully saturated rings. The van der Waals surface area contributed by atoms with Crippen LogP contribution in [0.15, 0.2) is 42.7 Å². The molecule has 2 heterocycles. The summed E-state index contributed by atoms with van der Waals surface area (Å²) < 4.78 is 44.9. The summed E-state index contributed by atoms with van der Waals surface area (Å²) in [5.41, 5.74) is 1.13. The number of likely N-dealkylation sites (tertiary alicyclic amines) is 1. The van der Waals surface area contributed by atoms with Gasteiger partial charge in [0.2, 0.25) is 0 Å². The van der Waals surface area contributed by atoms with Gasteiger partial charge in [0, 0.05) is 24.6 Å². The van der Waals surface area contributed by atoms with Crippen molar-refractivity contribution in [3.05, 3.63) is 53.9 Å². The van der Waals surface area contributed by atoms with Crippen molar-refractivity contribution >= 4 is 5.97 Å². The van der Waals surface area contributed by atoms with Crippen LogP contribution in [0.25, 0.3) is 5.69 Å². The summed E-state index contributed by atoms with van der Waals surface area (Å²) in [4.78, 5) is 14.1. The summed E-state index contributed by atoms with van der Waals surface area (Å²) in [6.07, 6.45) is 1.04. The Morgan fingerprint density at radius 1 is 1.15 bits per heavy atom. The van der Waals surface area contributed by atoms with Gasteiger partial charge in [-0.05, 0) is 68.8 Å². The molecule has 0 unspecified atom stereocenters. The zero-order valence-corrected chi connectivity index (χ0v) is 15.2. The predicted molar refractivity (Wildman–Crippen MR) is 95.4 cm³/mol. The summed E-state index contributed by atoms with van der Waals surface area (Å²) in [5.74, 6) is -0.122. The Morgan fingerprint density at radius 2 is 1.81 bits per heavy atom. The minimum absolute atomic E-state index is 0.0158. The molecular weight excluding hydrogens is 357 g/mol. The van der Waals surface area contributed by atoms with Crippen LogP contribution in [0.3, 0.4) is 0 Å². The van der Waals surface area contributed by atoms with E-state index in [2.05, 4.69) is 4.90 Å². The number of benzene rings is 1. The van der Waals surface area contributed by atoms with Crippen LogP contribution in [-0.4, -0.2) is 35.1 Å². The van der Waals surface area contributed by atoms with Gasteiger partial charge in [-0.2, -0.15) is 13.2 Å². The Morgan fingerprint density at radius 3 is 2.41 bits per heavy atom. The Balaban J connectivity index is 1.57. The number of rotatable bonds is 5. The third-order valence-corrected chi connectivity index (χ3v) is 4.86. The van der Waals surface area contributed by atoms with Crippen molar-refractivity contribution < 1.29 is 22.7 Å². The molecule has 0 spiro atoms. The van der Waals surface area contributed by atoms with E-state index in [1.54, 1.807) is 0 Å². The first-order chi connectivity index (χ1) is 12.9. The Kier molecular flexibility index (Phi) is 5.89. The first-order valence-corrected chi connectivity index (χ1v) is 9.10. The van der Waals surface area contributed by atoms with E-state index >= 15 is 0 Å². The second kappa shape index (κ2) is 8.17. The number of hydrogen-bond acceptors (Lipinski definition) is 3. The van der Waals surface area contributed by atoms with Crippen molar-refractivity contribution in [3.63, 3.8) is 0 Å².